The number of aromatic nitrogens is 2. The summed E-state index contributed by atoms with van der Waals surface area (Å²) < 4.78 is 5.42. The molecule has 2 rings (SSSR count). The normalized spacial score (nSPS) is 16.3. The quantitative estimate of drug-likeness (QED) is 0.802. The van der Waals surface area contributed by atoms with Gasteiger partial charge >= 0.3 is 0 Å². The fraction of sp³-hybridized carbons (Fsp3) is 0.455. The van der Waals surface area contributed by atoms with Gasteiger partial charge in [-0.3, -0.25) is 0 Å². The lowest BCUT2D eigenvalue weighted by Crippen LogP contribution is -2.19. The van der Waals surface area contributed by atoms with Crippen molar-refractivity contribution in [2.45, 2.75) is 27.2 Å². The zero-order valence-corrected chi connectivity index (χ0v) is 9.29. The van der Waals surface area contributed by atoms with E-state index in [0.717, 1.165) is 24.2 Å². The third kappa shape index (κ3) is 1.93. The van der Waals surface area contributed by atoms with E-state index in [-0.39, 0.29) is 0 Å². The van der Waals surface area contributed by atoms with Crippen molar-refractivity contribution in [2.75, 3.05) is 6.54 Å². The van der Waals surface area contributed by atoms with E-state index in [0.29, 0.717) is 11.8 Å². The maximum absolute atomic E-state index is 5.42. The van der Waals surface area contributed by atoms with Crippen molar-refractivity contribution in [1.29, 1.82) is 0 Å². The van der Waals surface area contributed by atoms with Crippen molar-refractivity contribution in [3.05, 3.63) is 29.1 Å². The lowest BCUT2D eigenvalue weighted by atomic mass is 10.0. The van der Waals surface area contributed by atoms with Gasteiger partial charge in [0.1, 0.15) is 0 Å². The van der Waals surface area contributed by atoms with E-state index in [2.05, 4.69) is 28.5 Å². The molecule has 1 N–H and O–H groups in total. The Morgan fingerprint density at radius 3 is 2.80 bits per heavy atom. The van der Waals surface area contributed by atoms with Gasteiger partial charge in [-0.05, 0) is 19.4 Å². The monoisotopic (exact) mass is 205 g/mol. The standard InChI is InChI=1S/C11H15N3O/c1-4-9-5-10(7(2)12-6-9)11-14-13-8(3)15-11/h5,12H,4,6H2,1-3H3. The summed E-state index contributed by atoms with van der Waals surface area (Å²) in [6.07, 6.45) is 3.18. The first-order valence-electron chi connectivity index (χ1n) is 5.15. The molecule has 4 nitrogen and oxygen atoms in total. The average molecular weight is 205 g/mol. The summed E-state index contributed by atoms with van der Waals surface area (Å²) in [6.45, 7) is 6.88. The van der Waals surface area contributed by atoms with E-state index in [9.17, 15) is 0 Å². The second-order valence-electron chi connectivity index (χ2n) is 3.67. The van der Waals surface area contributed by atoms with Crippen LogP contribution in [0.5, 0.6) is 0 Å². The van der Waals surface area contributed by atoms with Gasteiger partial charge in [-0.2, -0.15) is 0 Å². The van der Waals surface area contributed by atoms with Crippen LogP contribution in [0.25, 0.3) is 5.57 Å². The number of dihydropyridines is 1. The van der Waals surface area contributed by atoms with E-state index >= 15 is 0 Å². The van der Waals surface area contributed by atoms with Gasteiger partial charge in [0.25, 0.3) is 0 Å². The van der Waals surface area contributed by atoms with Gasteiger partial charge in [-0.1, -0.05) is 12.5 Å². The SMILES string of the molecule is CCC1=CC(c2nnc(C)o2)=C(C)NC1. The number of nitrogens with zero attached hydrogens (tertiary/aromatic N) is 2. The van der Waals surface area contributed by atoms with Gasteiger partial charge < -0.3 is 9.73 Å². The molecule has 0 saturated carbocycles. The fourth-order valence-electron chi connectivity index (χ4n) is 1.56. The number of allylic oxidation sites excluding steroid dienone is 3. The molecule has 0 aliphatic carbocycles. The van der Waals surface area contributed by atoms with Crippen molar-refractivity contribution in [3.8, 4) is 0 Å². The highest BCUT2D eigenvalue weighted by Gasteiger charge is 2.15. The van der Waals surface area contributed by atoms with Crippen molar-refractivity contribution in [1.82, 2.24) is 15.5 Å². The van der Waals surface area contributed by atoms with Crippen LogP contribution < -0.4 is 5.32 Å². The van der Waals surface area contributed by atoms with Crippen LogP contribution in [0.2, 0.25) is 0 Å². The minimum atomic E-state index is 0.599. The smallest absolute Gasteiger partial charge is 0.249 e. The van der Waals surface area contributed by atoms with Crippen LogP contribution in [0.4, 0.5) is 0 Å². The molecule has 0 aromatic carbocycles. The summed E-state index contributed by atoms with van der Waals surface area (Å²) in [5.41, 5.74) is 3.46. The fourth-order valence-corrected chi connectivity index (χ4v) is 1.56. The summed E-state index contributed by atoms with van der Waals surface area (Å²) in [7, 11) is 0. The number of aryl methyl sites for hydroxylation is 1. The predicted molar refractivity (Wildman–Crippen MR) is 58.0 cm³/mol. The van der Waals surface area contributed by atoms with Crippen molar-refractivity contribution in [2.24, 2.45) is 0 Å². The molecule has 80 valence electrons. The number of hydrogen-bond acceptors (Lipinski definition) is 4. The maximum Gasteiger partial charge on any atom is 0.249 e. The first-order valence-corrected chi connectivity index (χ1v) is 5.15. The average Bonchev–Trinajstić information content (AvgIpc) is 2.65. The highest BCUT2D eigenvalue weighted by molar-refractivity contribution is 5.73. The molecular formula is C11H15N3O. The number of rotatable bonds is 2. The van der Waals surface area contributed by atoms with Crippen LogP contribution in [0.1, 0.15) is 32.0 Å². The highest BCUT2D eigenvalue weighted by Crippen LogP contribution is 2.23. The van der Waals surface area contributed by atoms with Crippen LogP contribution in [-0.2, 0) is 0 Å². The summed E-state index contributed by atoms with van der Waals surface area (Å²) in [4.78, 5) is 0. The van der Waals surface area contributed by atoms with Crippen LogP contribution in [-0.4, -0.2) is 16.7 Å². The Hall–Kier alpha value is -1.58. The number of nitrogens with one attached hydrogen (secondary N) is 1. The zero-order valence-electron chi connectivity index (χ0n) is 9.29. The molecule has 1 aromatic heterocycles. The molecule has 1 aliphatic rings. The maximum atomic E-state index is 5.42. The molecule has 0 saturated heterocycles. The third-order valence-electron chi connectivity index (χ3n) is 2.54. The lowest BCUT2D eigenvalue weighted by Gasteiger charge is -2.17. The van der Waals surface area contributed by atoms with Gasteiger partial charge in [-0.25, -0.2) is 0 Å². The van der Waals surface area contributed by atoms with Gasteiger partial charge in [0.2, 0.25) is 11.8 Å². The van der Waals surface area contributed by atoms with Gasteiger partial charge in [0, 0.05) is 19.2 Å². The van der Waals surface area contributed by atoms with E-state index < -0.39 is 0 Å². The molecule has 15 heavy (non-hydrogen) atoms. The van der Waals surface area contributed by atoms with E-state index in [4.69, 9.17) is 4.42 Å². The Balaban J connectivity index is 2.38. The topological polar surface area (TPSA) is 51.0 Å². The summed E-state index contributed by atoms with van der Waals surface area (Å²) in [6, 6.07) is 0. The molecule has 0 atom stereocenters. The Morgan fingerprint density at radius 1 is 1.40 bits per heavy atom. The Morgan fingerprint density at radius 2 is 2.20 bits per heavy atom. The van der Waals surface area contributed by atoms with Crippen molar-refractivity contribution < 1.29 is 4.42 Å². The molecule has 0 fully saturated rings. The Bertz CT molecular complexity index is 429. The molecule has 2 heterocycles. The Labute approximate surface area is 89.1 Å². The molecule has 4 heteroatoms. The first-order chi connectivity index (χ1) is 7.20. The molecule has 0 radical (unpaired) electrons. The summed E-state index contributed by atoms with van der Waals surface area (Å²) >= 11 is 0. The largest absolute Gasteiger partial charge is 0.421 e. The minimum Gasteiger partial charge on any atom is -0.421 e. The molecule has 0 unspecified atom stereocenters. The Kier molecular flexibility index (Phi) is 2.58. The molecular weight excluding hydrogens is 190 g/mol. The van der Waals surface area contributed by atoms with Gasteiger partial charge in [0.05, 0.1) is 5.57 Å². The summed E-state index contributed by atoms with van der Waals surface area (Å²) in [5, 5.41) is 11.2. The van der Waals surface area contributed by atoms with Crippen LogP contribution in [0.3, 0.4) is 0 Å². The lowest BCUT2D eigenvalue weighted by molar-refractivity contribution is 0.505. The van der Waals surface area contributed by atoms with Crippen LogP contribution >= 0.6 is 0 Å². The molecule has 0 bridgehead atoms. The summed E-state index contributed by atoms with van der Waals surface area (Å²) in [5.74, 6) is 1.20. The zero-order chi connectivity index (χ0) is 10.8. The molecule has 1 aromatic rings. The second-order valence-corrected chi connectivity index (χ2v) is 3.67. The predicted octanol–water partition coefficient (Wildman–Crippen LogP) is 2.05. The molecule has 0 spiro atoms. The van der Waals surface area contributed by atoms with E-state index in [1.807, 2.05) is 6.92 Å². The van der Waals surface area contributed by atoms with E-state index in [1.54, 1.807) is 6.92 Å². The van der Waals surface area contributed by atoms with Gasteiger partial charge in [0.15, 0.2) is 0 Å². The van der Waals surface area contributed by atoms with E-state index in [1.165, 1.54) is 5.57 Å². The third-order valence-corrected chi connectivity index (χ3v) is 2.54. The molecule has 1 aliphatic heterocycles. The van der Waals surface area contributed by atoms with Crippen molar-refractivity contribution in [3.63, 3.8) is 0 Å². The van der Waals surface area contributed by atoms with Crippen LogP contribution in [0, 0.1) is 6.92 Å². The van der Waals surface area contributed by atoms with Crippen molar-refractivity contribution >= 4 is 5.57 Å². The number of hydrogen-bond donors (Lipinski definition) is 1. The van der Waals surface area contributed by atoms with Gasteiger partial charge in [-0.15, -0.1) is 10.2 Å². The highest BCUT2D eigenvalue weighted by atomic mass is 16.4. The van der Waals surface area contributed by atoms with Crippen LogP contribution in [0.15, 0.2) is 21.8 Å². The minimum absolute atomic E-state index is 0.599. The first kappa shape index (κ1) is 9.96. The molecule has 0 amide bonds. The second kappa shape index (κ2) is 3.88.